The van der Waals surface area contributed by atoms with Crippen molar-refractivity contribution >= 4 is 17.9 Å². The van der Waals surface area contributed by atoms with Crippen molar-refractivity contribution in [3.05, 3.63) is 12.7 Å². The van der Waals surface area contributed by atoms with Crippen LogP contribution in [-0.2, 0) is 14.3 Å². The summed E-state index contributed by atoms with van der Waals surface area (Å²) in [5.41, 5.74) is -0.576. The summed E-state index contributed by atoms with van der Waals surface area (Å²) in [5, 5.41) is 2.78. The van der Waals surface area contributed by atoms with E-state index >= 15 is 0 Å². The van der Waals surface area contributed by atoms with Crippen LogP contribution in [0.1, 0.15) is 33.6 Å². The van der Waals surface area contributed by atoms with Crippen molar-refractivity contribution in [2.24, 2.45) is 0 Å². The quantitative estimate of drug-likeness (QED) is 0.715. The third-order valence-electron chi connectivity index (χ3n) is 4.64. The molecule has 2 saturated heterocycles. The Labute approximate surface area is 161 Å². The first kappa shape index (κ1) is 21.2. The van der Waals surface area contributed by atoms with E-state index in [1.807, 2.05) is 25.7 Å². The van der Waals surface area contributed by atoms with Crippen LogP contribution in [0.4, 0.5) is 4.79 Å². The Bertz CT molecular complexity index is 573. The van der Waals surface area contributed by atoms with Gasteiger partial charge in [-0.15, -0.1) is 6.58 Å². The lowest BCUT2D eigenvalue weighted by Crippen LogP contribution is -2.59. The predicted molar refractivity (Wildman–Crippen MR) is 102 cm³/mol. The number of hydrogen-bond acceptors (Lipinski definition) is 5. The van der Waals surface area contributed by atoms with Gasteiger partial charge in [0.1, 0.15) is 12.1 Å². The van der Waals surface area contributed by atoms with E-state index in [4.69, 9.17) is 4.74 Å². The molecule has 0 aromatic rings. The fourth-order valence-corrected chi connectivity index (χ4v) is 3.43. The SMILES string of the molecule is C=CCNC(=O)CN1CCCC(N2CCN(C(=O)OC(C)(C)C)CC2=O)C1. The molecule has 0 saturated carbocycles. The summed E-state index contributed by atoms with van der Waals surface area (Å²) in [6, 6.07) is 0.0826. The fraction of sp³-hybridized carbons (Fsp3) is 0.737. The maximum atomic E-state index is 12.6. The number of nitrogens with one attached hydrogen (secondary N) is 1. The smallest absolute Gasteiger partial charge is 0.410 e. The molecule has 1 unspecified atom stereocenters. The minimum atomic E-state index is -0.576. The van der Waals surface area contributed by atoms with Crippen LogP contribution < -0.4 is 5.32 Å². The lowest BCUT2D eigenvalue weighted by molar-refractivity contribution is -0.140. The van der Waals surface area contributed by atoms with Gasteiger partial charge in [0.2, 0.25) is 11.8 Å². The first-order valence-corrected chi connectivity index (χ1v) is 9.57. The van der Waals surface area contributed by atoms with Gasteiger partial charge in [0, 0.05) is 32.2 Å². The maximum absolute atomic E-state index is 12.6. The molecule has 2 aliphatic heterocycles. The molecule has 2 aliphatic rings. The van der Waals surface area contributed by atoms with Crippen molar-refractivity contribution in [3.63, 3.8) is 0 Å². The lowest BCUT2D eigenvalue weighted by Gasteiger charge is -2.43. The first-order chi connectivity index (χ1) is 12.7. The molecule has 1 N–H and O–H groups in total. The van der Waals surface area contributed by atoms with Crippen LogP contribution in [0.5, 0.6) is 0 Å². The molecule has 8 heteroatoms. The molecule has 3 amide bonds. The van der Waals surface area contributed by atoms with Crippen LogP contribution in [0.25, 0.3) is 0 Å². The average Bonchev–Trinajstić information content (AvgIpc) is 2.58. The molecule has 2 fully saturated rings. The van der Waals surface area contributed by atoms with Crippen molar-refractivity contribution in [1.29, 1.82) is 0 Å². The molecule has 27 heavy (non-hydrogen) atoms. The highest BCUT2D eigenvalue weighted by atomic mass is 16.6. The normalized spacial score (nSPS) is 21.7. The van der Waals surface area contributed by atoms with Crippen LogP contribution in [0, 0.1) is 0 Å². The van der Waals surface area contributed by atoms with E-state index in [0.717, 1.165) is 19.4 Å². The largest absolute Gasteiger partial charge is 0.444 e. The van der Waals surface area contributed by atoms with Crippen molar-refractivity contribution in [2.45, 2.75) is 45.3 Å². The van der Waals surface area contributed by atoms with Gasteiger partial charge in [0.05, 0.1) is 6.54 Å². The van der Waals surface area contributed by atoms with Crippen LogP contribution >= 0.6 is 0 Å². The molecule has 0 aliphatic carbocycles. The molecule has 2 heterocycles. The summed E-state index contributed by atoms with van der Waals surface area (Å²) in [6.07, 6.45) is 3.07. The Morgan fingerprint density at radius 1 is 1.30 bits per heavy atom. The van der Waals surface area contributed by atoms with Crippen LogP contribution in [0.2, 0.25) is 0 Å². The van der Waals surface area contributed by atoms with Gasteiger partial charge in [-0.05, 0) is 40.2 Å². The summed E-state index contributed by atoms with van der Waals surface area (Å²) < 4.78 is 5.36. The van der Waals surface area contributed by atoms with E-state index in [-0.39, 0.29) is 24.4 Å². The van der Waals surface area contributed by atoms with E-state index in [9.17, 15) is 14.4 Å². The predicted octanol–water partition coefficient (Wildman–Crippen LogP) is 0.832. The Balaban J connectivity index is 1.86. The zero-order valence-corrected chi connectivity index (χ0v) is 16.7. The number of likely N-dealkylation sites (tertiary alicyclic amines) is 1. The zero-order valence-electron chi connectivity index (χ0n) is 16.7. The molecule has 0 bridgehead atoms. The van der Waals surface area contributed by atoms with E-state index in [2.05, 4.69) is 16.8 Å². The highest BCUT2D eigenvalue weighted by Gasteiger charge is 2.35. The Morgan fingerprint density at radius 2 is 2.04 bits per heavy atom. The molecule has 2 rings (SSSR count). The molecular formula is C19H32N4O4. The third kappa shape index (κ3) is 6.53. The van der Waals surface area contributed by atoms with Crippen LogP contribution in [0.15, 0.2) is 12.7 Å². The first-order valence-electron chi connectivity index (χ1n) is 9.57. The number of ether oxygens (including phenoxy) is 1. The molecule has 0 aromatic heterocycles. The number of nitrogens with zero attached hydrogens (tertiary/aromatic N) is 3. The van der Waals surface area contributed by atoms with E-state index in [1.54, 1.807) is 6.08 Å². The van der Waals surface area contributed by atoms with Crippen LogP contribution in [-0.4, -0.2) is 90.1 Å². The number of hydrogen-bond donors (Lipinski definition) is 1. The Kier molecular flexibility index (Phi) is 7.24. The lowest BCUT2D eigenvalue weighted by atomic mass is 10.0. The highest BCUT2D eigenvalue weighted by Crippen LogP contribution is 2.19. The van der Waals surface area contributed by atoms with E-state index in [1.165, 1.54) is 4.90 Å². The van der Waals surface area contributed by atoms with Crippen molar-refractivity contribution in [2.75, 3.05) is 45.8 Å². The summed E-state index contributed by atoms with van der Waals surface area (Å²) in [5.74, 6) is -0.0910. The van der Waals surface area contributed by atoms with Gasteiger partial charge in [-0.25, -0.2) is 4.79 Å². The second-order valence-corrected chi connectivity index (χ2v) is 8.11. The summed E-state index contributed by atoms with van der Waals surface area (Å²) in [6.45, 7) is 12.4. The molecular weight excluding hydrogens is 348 g/mol. The average molecular weight is 380 g/mol. The zero-order chi connectivity index (χ0) is 20.0. The van der Waals surface area contributed by atoms with Crippen molar-refractivity contribution < 1.29 is 19.1 Å². The Morgan fingerprint density at radius 3 is 2.67 bits per heavy atom. The van der Waals surface area contributed by atoms with Crippen LogP contribution in [0.3, 0.4) is 0 Å². The minimum absolute atomic E-state index is 0.0309. The van der Waals surface area contributed by atoms with E-state index in [0.29, 0.717) is 32.7 Å². The number of piperazine rings is 1. The molecule has 0 radical (unpaired) electrons. The molecule has 8 nitrogen and oxygen atoms in total. The van der Waals surface area contributed by atoms with Crippen molar-refractivity contribution in [3.8, 4) is 0 Å². The maximum Gasteiger partial charge on any atom is 0.410 e. The topological polar surface area (TPSA) is 82.2 Å². The van der Waals surface area contributed by atoms with Gasteiger partial charge in [-0.2, -0.15) is 0 Å². The second kappa shape index (κ2) is 9.21. The Hall–Kier alpha value is -2.09. The monoisotopic (exact) mass is 380 g/mol. The van der Waals surface area contributed by atoms with Crippen molar-refractivity contribution in [1.82, 2.24) is 20.0 Å². The molecule has 0 spiro atoms. The minimum Gasteiger partial charge on any atom is -0.444 e. The highest BCUT2D eigenvalue weighted by molar-refractivity contribution is 5.84. The van der Waals surface area contributed by atoms with Gasteiger partial charge in [-0.1, -0.05) is 6.08 Å². The number of piperidine rings is 1. The fourth-order valence-electron chi connectivity index (χ4n) is 3.43. The number of amides is 3. The van der Waals surface area contributed by atoms with Gasteiger partial charge in [0.15, 0.2) is 0 Å². The van der Waals surface area contributed by atoms with Gasteiger partial charge in [0.25, 0.3) is 0 Å². The standard InChI is InChI=1S/C19H32N4O4/c1-5-8-20-16(24)13-21-9-6-7-15(12-21)23-11-10-22(14-17(23)25)18(26)27-19(2,3)4/h5,15H,1,6-14H2,2-4H3,(H,20,24). The molecule has 0 aromatic carbocycles. The number of rotatable bonds is 5. The van der Waals surface area contributed by atoms with Gasteiger partial charge in [-0.3, -0.25) is 19.4 Å². The molecule has 152 valence electrons. The number of carbonyl (C=O) groups excluding carboxylic acids is 3. The molecule has 1 atom stereocenters. The van der Waals surface area contributed by atoms with Gasteiger partial charge < -0.3 is 15.0 Å². The van der Waals surface area contributed by atoms with Gasteiger partial charge >= 0.3 is 6.09 Å². The third-order valence-corrected chi connectivity index (χ3v) is 4.64. The summed E-state index contributed by atoms with van der Waals surface area (Å²) >= 11 is 0. The summed E-state index contributed by atoms with van der Waals surface area (Å²) in [4.78, 5) is 42.1. The second-order valence-electron chi connectivity index (χ2n) is 8.11. The summed E-state index contributed by atoms with van der Waals surface area (Å²) in [7, 11) is 0. The number of carbonyl (C=O) groups is 3. The van der Waals surface area contributed by atoms with E-state index < -0.39 is 11.7 Å².